The lowest BCUT2D eigenvalue weighted by atomic mass is 10.1. The van der Waals surface area contributed by atoms with Gasteiger partial charge in [-0.2, -0.15) is 4.80 Å². The van der Waals surface area contributed by atoms with Gasteiger partial charge in [0.1, 0.15) is 5.75 Å². The third kappa shape index (κ3) is 4.06. The van der Waals surface area contributed by atoms with Crippen LogP contribution in [0.15, 0.2) is 24.3 Å². The van der Waals surface area contributed by atoms with Crippen LogP contribution in [0, 0.1) is 0 Å². The van der Waals surface area contributed by atoms with Crippen LogP contribution in [0.4, 0.5) is 0 Å². The van der Waals surface area contributed by atoms with E-state index in [0.29, 0.717) is 18.0 Å². The van der Waals surface area contributed by atoms with Crippen LogP contribution in [0.25, 0.3) is 0 Å². The lowest BCUT2D eigenvalue weighted by Crippen LogP contribution is -2.00. The topological polar surface area (TPSA) is 90.1 Å². The molecule has 0 unspecified atom stereocenters. The summed E-state index contributed by atoms with van der Waals surface area (Å²) in [7, 11) is 1.68. The Morgan fingerprint density at radius 2 is 2.32 bits per heavy atom. The quantitative estimate of drug-likeness (QED) is 0.828. The number of benzene rings is 1. The van der Waals surface area contributed by atoms with Gasteiger partial charge < -0.3 is 9.84 Å². The summed E-state index contributed by atoms with van der Waals surface area (Å²) >= 11 is 0. The summed E-state index contributed by atoms with van der Waals surface area (Å²) in [6.07, 6.45) is 0.588. The van der Waals surface area contributed by atoms with E-state index in [0.717, 1.165) is 5.56 Å². The molecule has 2 rings (SSSR count). The number of nitrogens with zero attached hydrogens (tertiary/aromatic N) is 4. The zero-order valence-corrected chi connectivity index (χ0v) is 10.5. The van der Waals surface area contributed by atoms with Crippen LogP contribution in [0.1, 0.15) is 17.8 Å². The van der Waals surface area contributed by atoms with E-state index in [1.54, 1.807) is 13.1 Å². The fraction of sp³-hybridized carbons (Fsp3) is 0.333. The molecular formula is C12H14N4O3. The second kappa shape index (κ2) is 5.94. The van der Waals surface area contributed by atoms with Gasteiger partial charge in [0.2, 0.25) is 5.82 Å². The molecule has 0 amide bonds. The molecular weight excluding hydrogens is 248 g/mol. The number of aliphatic carboxylic acids is 1. The van der Waals surface area contributed by atoms with Crippen molar-refractivity contribution in [1.29, 1.82) is 0 Å². The number of aryl methyl sites for hydroxylation is 2. The third-order valence-electron chi connectivity index (χ3n) is 2.44. The Labute approximate surface area is 109 Å². The van der Waals surface area contributed by atoms with E-state index in [-0.39, 0.29) is 13.0 Å². The molecule has 100 valence electrons. The molecule has 0 spiro atoms. The number of aromatic nitrogens is 4. The molecule has 1 N–H and O–H groups in total. The molecule has 1 heterocycles. The van der Waals surface area contributed by atoms with E-state index in [4.69, 9.17) is 9.84 Å². The highest BCUT2D eigenvalue weighted by Gasteiger charge is 2.04. The summed E-state index contributed by atoms with van der Waals surface area (Å²) in [4.78, 5) is 11.9. The van der Waals surface area contributed by atoms with Crippen molar-refractivity contribution >= 4 is 5.97 Å². The number of tetrazole rings is 1. The first-order chi connectivity index (χ1) is 9.13. The van der Waals surface area contributed by atoms with Gasteiger partial charge in [0.05, 0.1) is 7.05 Å². The van der Waals surface area contributed by atoms with Crippen LogP contribution in [0.2, 0.25) is 0 Å². The van der Waals surface area contributed by atoms with Gasteiger partial charge in [-0.3, -0.25) is 4.79 Å². The summed E-state index contributed by atoms with van der Waals surface area (Å²) in [5, 5.41) is 20.2. The van der Waals surface area contributed by atoms with Crippen molar-refractivity contribution in [3.8, 4) is 5.75 Å². The lowest BCUT2D eigenvalue weighted by Gasteiger charge is -2.05. The molecule has 2 aromatic rings. The van der Waals surface area contributed by atoms with Gasteiger partial charge in [0.25, 0.3) is 0 Å². The number of rotatable bonds is 6. The van der Waals surface area contributed by atoms with Crippen LogP contribution >= 0.6 is 0 Å². The van der Waals surface area contributed by atoms with Crippen LogP contribution in [0.5, 0.6) is 5.75 Å². The highest BCUT2D eigenvalue weighted by atomic mass is 16.5. The monoisotopic (exact) mass is 262 g/mol. The zero-order chi connectivity index (χ0) is 13.7. The van der Waals surface area contributed by atoms with E-state index in [2.05, 4.69) is 15.4 Å². The second-order valence-electron chi connectivity index (χ2n) is 4.02. The normalized spacial score (nSPS) is 10.4. The zero-order valence-electron chi connectivity index (χ0n) is 10.5. The molecule has 0 aliphatic carbocycles. The van der Waals surface area contributed by atoms with Crippen LogP contribution in [-0.2, 0) is 24.9 Å². The summed E-state index contributed by atoms with van der Waals surface area (Å²) in [5.41, 5.74) is 0.923. The van der Waals surface area contributed by atoms with Gasteiger partial charge >= 0.3 is 5.97 Å². The number of hydrogen-bond acceptors (Lipinski definition) is 5. The van der Waals surface area contributed by atoms with Gasteiger partial charge in [0, 0.05) is 6.42 Å². The minimum absolute atomic E-state index is 0.106. The summed E-state index contributed by atoms with van der Waals surface area (Å²) < 4.78 is 5.53. The van der Waals surface area contributed by atoms with Gasteiger partial charge in [-0.15, -0.1) is 10.2 Å². The molecule has 0 fully saturated rings. The molecule has 0 aliphatic heterocycles. The van der Waals surface area contributed by atoms with E-state index < -0.39 is 5.97 Å². The van der Waals surface area contributed by atoms with Crippen LogP contribution in [0.3, 0.4) is 0 Å². The van der Waals surface area contributed by atoms with Crippen LogP contribution < -0.4 is 4.74 Å². The average molecular weight is 262 g/mol. The first-order valence-electron chi connectivity index (χ1n) is 5.80. The molecule has 0 atom stereocenters. The molecule has 0 saturated heterocycles. The maximum Gasteiger partial charge on any atom is 0.303 e. The molecule has 19 heavy (non-hydrogen) atoms. The summed E-state index contributed by atoms with van der Waals surface area (Å²) in [6.45, 7) is 0.232. The number of carbonyl (C=O) groups is 1. The maximum atomic E-state index is 10.5. The fourth-order valence-corrected chi connectivity index (χ4v) is 1.57. The number of ether oxygens (including phenoxy) is 1. The van der Waals surface area contributed by atoms with E-state index in [9.17, 15) is 4.79 Å². The van der Waals surface area contributed by atoms with Crippen molar-refractivity contribution in [2.45, 2.75) is 19.4 Å². The second-order valence-corrected chi connectivity index (χ2v) is 4.02. The van der Waals surface area contributed by atoms with Crippen molar-refractivity contribution in [3.63, 3.8) is 0 Å². The molecule has 7 nitrogen and oxygen atoms in total. The van der Waals surface area contributed by atoms with E-state index >= 15 is 0 Å². The van der Waals surface area contributed by atoms with Crippen LogP contribution in [-0.4, -0.2) is 31.3 Å². The molecule has 0 aliphatic rings. The number of carboxylic acids is 1. The first kappa shape index (κ1) is 13.0. The van der Waals surface area contributed by atoms with E-state index in [1.165, 1.54) is 4.80 Å². The van der Waals surface area contributed by atoms with Gasteiger partial charge in [0.15, 0.2) is 6.61 Å². The Morgan fingerprint density at radius 1 is 1.47 bits per heavy atom. The summed E-state index contributed by atoms with van der Waals surface area (Å²) in [5.74, 6) is 0.351. The van der Waals surface area contributed by atoms with Crippen molar-refractivity contribution in [2.75, 3.05) is 0 Å². The van der Waals surface area contributed by atoms with Crippen molar-refractivity contribution < 1.29 is 14.6 Å². The minimum Gasteiger partial charge on any atom is -0.485 e. The average Bonchev–Trinajstić information content (AvgIpc) is 2.80. The van der Waals surface area contributed by atoms with Crippen molar-refractivity contribution in [3.05, 3.63) is 35.7 Å². The summed E-state index contributed by atoms with van der Waals surface area (Å²) in [6, 6.07) is 7.33. The largest absolute Gasteiger partial charge is 0.485 e. The Bertz CT molecular complexity index is 568. The fourth-order valence-electron chi connectivity index (χ4n) is 1.57. The first-order valence-corrected chi connectivity index (χ1v) is 5.80. The van der Waals surface area contributed by atoms with Gasteiger partial charge in [-0.05, 0) is 29.3 Å². The number of hydrogen-bond donors (Lipinski definition) is 1. The number of carboxylic acid groups (broad SMARTS) is 1. The van der Waals surface area contributed by atoms with Crippen molar-refractivity contribution in [1.82, 2.24) is 20.2 Å². The smallest absolute Gasteiger partial charge is 0.303 e. The highest BCUT2D eigenvalue weighted by molar-refractivity contribution is 5.67. The maximum absolute atomic E-state index is 10.5. The standard InChI is InChI=1S/C12H14N4O3/c1-16-14-11(13-15-16)8-19-10-4-2-3-9(7-10)5-6-12(17)18/h2-4,7H,5-6,8H2,1H3,(H,17,18). The Kier molecular flexibility index (Phi) is 4.07. The van der Waals surface area contributed by atoms with Gasteiger partial charge in [-0.1, -0.05) is 12.1 Å². The predicted molar refractivity (Wildman–Crippen MR) is 65.5 cm³/mol. The van der Waals surface area contributed by atoms with Crippen molar-refractivity contribution in [2.24, 2.45) is 7.05 Å². The van der Waals surface area contributed by atoms with Gasteiger partial charge in [-0.25, -0.2) is 0 Å². The molecule has 1 aromatic heterocycles. The highest BCUT2D eigenvalue weighted by Crippen LogP contribution is 2.15. The molecule has 1 aromatic carbocycles. The Morgan fingerprint density at radius 3 is 3.00 bits per heavy atom. The Hall–Kier alpha value is -2.44. The predicted octanol–water partition coefficient (Wildman–Crippen LogP) is 0.806. The molecule has 0 radical (unpaired) electrons. The minimum atomic E-state index is -0.810. The Balaban J connectivity index is 1.93. The third-order valence-corrected chi connectivity index (χ3v) is 2.44. The van der Waals surface area contributed by atoms with E-state index in [1.807, 2.05) is 18.2 Å². The SMILES string of the molecule is Cn1nnc(COc2cccc(CCC(=O)O)c2)n1. The lowest BCUT2D eigenvalue weighted by molar-refractivity contribution is -0.136. The molecule has 0 saturated carbocycles. The molecule has 0 bridgehead atoms. The molecule has 7 heteroatoms.